The van der Waals surface area contributed by atoms with E-state index in [0.717, 1.165) is 25.3 Å². The highest BCUT2D eigenvalue weighted by Crippen LogP contribution is 2.24. The number of anilines is 2. The van der Waals surface area contributed by atoms with Gasteiger partial charge < -0.3 is 20.3 Å². The molecule has 1 fully saturated rings. The van der Waals surface area contributed by atoms with Gasteiger partial charge in [0.05, 0.1) is 12.7 Å². The Bertz CT molecular complexity index is 496. The van der Waals surface area contributed by atoms with E-state index < -0.39 is 0 Å². The predicted octanol–water partition coefficient (Wildman–Crippen LogP) is 1.83. The van der Waals surface area contributed by atoms with Crippen LogP contribution in [-0.2, 0) is 4.74 Å². The van der Waals surface area contributed by atoms with Gasteiger partial charge in [0, 0.05) is 25.0 Å². The number of piperidine rings is 1. The van der Waals surface area contributed by atoms with Crippen LogP contribution in [0.25, 0.3) is 0 Å². The number of carbonyl (C=O) groups excluding carboxylic acids is 1. The minimum Gasteiger partial charge on any atom is -0.465 e. The standard InChI is InChI=1S/C16H25N3O2/c1-18-8-6-12(7-9-18)11-19(2)13-4-5-15(17)14(10-13)16(20)21-3/h4-5,10,12H,6-9,11,17H2,1-3H3. The van der Waals surface area contributed by atoms with Gasteiger partial charge in [0.25, 0.3) is 0 Å². The summed E-state index contributed by atoms with van der Waals surface area (Å²) in [6.45, 7) is 3.32. The van der Waals surface area contributed by atoms with E-state index in [2.05, 4.69) is 23.9 Å². The molecular weight excluding hydrogens is 266 g/mol. The molecule has 1 heterocycles. The largest absolute Gasteiger partial charge is 0.465 e. The first kappa shape index (κ1) is 15.6. The van der Waals surface area contributed by atoms with E-state index in [1.165, 1.54) is 20.0 Å². The molecule has 5 heteroatoms. The van der Waals surface area contributed by atoms with Crippen LogP contribution >= 0.6 is 0 Å². The molecule has 2 N–H and O–H groups in total. The summed E-state index contributed by atoms with van der Waals surface area (Å²) in [4.78, 5) is 16.3. The Labute approximate surface area is 126 Å². The molecule has 1 saturated heterocycles. The topological polar surface area (TPSA) is 58.8 Å². The Hall–Kier alpha value is -1.75. The summed E-state index contributed by atoms with van der Waals surface area (Å²) in [5.74, 6) is 0.312. The van der Waals surface area contributed by atoms with Crippen molar-refractivity contribution in [2.45, 2.75) is 12.8 Å². The molecule has 0 saturated carbocycles. The summed E-state index contributed by atoms with van der Waals surface area (Å²) < 4.78 is 4.77. The normalized spacial score (nSPS) is 16.7. The lowest BCUT2D eigenvalue weighted by Crippen LogP contribution is -2.35. The third-order valence-electron chi connectivity index (χ3n) is 4.25. The highest BCUT2D eigenvalue weighted by Gasteiger charge is 2.19. The van der Waals surface area contributed by atoms with Crippen LogP contribution in [0, 0.1) is 5.92 Å². The van der Waals surface area contributed by atoms with Crippen LogP contribution in [0.2, 0.25) is 0 Å². The molecule has 0 spiro atoms. The predicted molar refractivity (Wildman–Crippen MR) is 85.7 cm³/mol. The molecule has 0 atom stereocenters. The molecule has 1 aromatic carbocycles. The number of carbonyl (C=O) groups is 1. The third-order valence-corrected chi connectivity index (χ3v) is 4.25. The average Bonchev–Trinajstić information content (AvgIpc) is 2.49. The fourth-order valence-electron chi connectivity index (χ4n) is 2.81. The fraction of sp³-hybridized carbons (Fsp3) is 0.562. The molecule has 1 aliphatic rings. The van der Waals surface area contributed by atoms with Gasteiger partial charge in [0.2, 0.25) is 0 Å². The van der Waals surface area contributed by atoms with Crippen molar-refractivity contribution in [2.75, 3.05) is 51.5 Å². The number of nitrogens with two attached hydrogens (primary N) is 1. The van der Waals surface area contributed by atoms with Crippen molar-refractivity contribution in [2.24, 2.45) is 5.92 Å². The molecule has 0 bridgehead atoms. The van der Waals surface area contributed by atoms with Crippen molar-refractivity contribution in [3.8, 4) is 0 Å². The molecule has 1 aromatic rings. The minimum absolute atomic E-state index is 0.387. The number of nitrogens with zero attached hydrogens (tertiary/aromatic N) is 2. The van der Waals surface area contributed by atoms with E-state index in [-0.39, 0.29) is 5.97 Å². The molecule has 0 amide bonds. The number of ether oxygens (including phenoxy) is 1. The summed E-state index contributed by atoms with van der Waals surface area (Å²) in [5, 5.41) is 0. The molecule has 0 unspecified atom stereocenters. The SMILES string of the molecule is COC(=O)c1cc(N(C)CC2CCN(C)CC2)ccc1N. The summed E-state index contributed by atoms with van der Waals surface area (Å²) >= 11 is 0. The quantitative estimate of drug-likeness (QED) is 0.677. The van der Waals surface area contributed by atoms with Crippen molar-refractivity contribution >= 4 is 17.3 Å². The van der Waals surface area contributed by atoms with Gasteiger partial charge in [-0.2, -0.15) is 0 Å². The number of hydrogen-bond donors (Lipinski definition) is 1. The number of hydrogen-bond acceptors (Lipinski definition) is 5. The highest BCUT2D eigenvalue weighted by molar-refractivity contribution is 5.96. The number of likely N-dealkylation sites (tertiary alicyclic amines) is 1. The van der Waals surface area contributed by atoms with Gasteiger partial charge in [-0.15, -0.1) is 0 Å². The van der Waals surface area contributed by atoms with Crippen molar-refractivity contribution < 1.29 is 9.53 Å². The van der Waals surface area contributed by atoms with Gasteiger partial charge in [0.15, 0.2) is 0 Å². The summed E-state index contributed by atoms with van der Waals surface area (Å²) in [6, 6.07) is 5.54. The zero-order valence-corrected chi connectivity index (χ0v) is 13.1. The first-order valence-corrected chi connectivity index (χ1v) is 7.38. The second-order valence-corrected chi connectivity index (χ2v) is 5.89. The smallest absolute Gasteiger partial charge is 0.340 e. The molecule has 2 rings (SSSR count). The Kier molecular flexibility index (Phi) is 5.07. The minimum atomic E-state index is -0.387. The Morgan fingerprint density at radius 3 is 2.71 bits per heavy atom. The van der Waals surface area contributed by atoms with E-state index >= 15 is 0 Å². The van der Waals surface area contributed by atoms with E-state index in [1.54, 1.807) is 6.07 Å². The molecule has 0 radical (unpaired) electrons. The monoisotopic (exact) mass is 291 g/mol. The summed E-state index contributed by atoms with van der Waals surface area (Å²) in [7, 11) is 5.60. The molecule has 21 heavy (non-hydrogen) atoms. The van der Waals surface area contributed by atoms with Gasteiger partial charge >= 0.3 is 5.97 Å². The lowest BCUT2D eigenvalue weighted by atomic mass is 9.96. The summed E-state index contributed by atoms with van der Waals surface area (Å²) in [6.07, 6.45) is 2.44. The zero-order valence-electron chi connectivity index (χ0n) is 13.1. The number of esters is 1. The molecule has 1 aliphatic heterocycles. The average molecular weight is 291 g/mol. The van der Waals surface area contributed by atoms with Crippen LogP contribution in [-0.4, -0.2) is 51.7 Å². The number of methoxy groups -OCH3 is 1. The maximum absolute atomic E-state index is 11.7. The van der Waals surface area contributed by atoms with Crippen molar-refractivity contribution in [3.63, 3.8) is 0 Å². The Morgan fingerprint density at radius 1 is 1.43 bits per heavy atom. The van der Waals surface area contributed by atoms with E-state index in [0.29, 0.717) is 17.2 Å². The lowest BCUT2D eigenvalue weighted by molar-refractivity contribution is 0.0602. The first-order valence-electron chi connectivity index (χ1n) is 7.38. The van der Waals surface area contributed by atoms with Crippen molar-refractivity contribution in [1.82, 2.24) is 4.90 Å². The van der Waals surface area contributed by atoms with Gasteiger partial charge in [-0.3, -0.25) is 0 Å². The van der Waals surface area contributed by atoms with Gasteiger partial charge in [0.1, 0.15) is 0 Å². The lowest BCUT2D eigenvalue weighted by Gasteiger charge is -2.32. The van der Waals surface area contributed by atoms with Crippen molar-refractivity contribution in [3.05, 3.63) is 23.8 Å². The molecule has 116 valence electrons. The van der Waals surface area contributed by atoms with Gasteiger partial charge in [-0.1, -0.05) is 0 Å². The molecule has 0 aromatic heterocycles. The van der Waals surface area contributed by atoms with Crippen molar-refractivity contribution in [1.29, 1.82) is 0 Å². The Morgan fingerprint density at radius 2 is 2.10 bits per heavy atom. The zero-order chi connectivity index (χ0) is 15.4. The fourth-order valence-corrected chi connectivity index (χ4v) is 2.81. The third kappa shape index (κ3) is 3.88. The van der Waals surface area contributed by atoms with Crippen LogP contribution in [0.4, 0.5) is 11.4 Å². The van der Waals surface area contributed by atoms with E-state index in [4.69, 9.17) is 10.5 Å². The highest BCUT2D eigenvalue weighted by atomic mass is 16.5. The number of nitrogen functional groups attached to an aromatic ring is 1. The Balaban J connectivity index is 2.05. The van der Waals surface area contributed by atoms with E-state index in [1.807, 2.05) is 12.1 Å². The van der Waals surface area contributed by atoms with Gasteiger partial charge in [-0.25, -0.2) is 4.79 Å². The number of benzene rings is 1. The molecule has 5 nitrogen and oxygen atoms in total. The first-order chi connectivity index (χ1) is 10.0. The van der Waals surface area contributed by atoms with Crippen LogP contribution in [0.5, 0.6) is 0 Å². The second-order valence-electron chi connectivity index (χ2n) is 5.89. The van der Waals surface area contributed by atoms with Crippen LogP contribution in [0.1, 0.15) is 23.2 Å². The van der Waals surface area contributed by atoms with Gasteiger partial charge in [-0.05, 0) is 57.1 Å². The molecular formula is C16H25N3O2. The van der Waals surface area contributed by atoms with Crippen LogP contribution in [0.15, 0.2) is 18.2 Å². The van der Waals surface area contributed by atoms with Crippen LogP contribution < -0.4 is 10.6 Å². The maximum Gasteiger partial charge on any atom is 0.340 e. The van der Waals surface area contributed by atoms with Crippen LogP contribution in [0.3, 0.4) is 0 Å². The molecule has 0 aliphatic carbocycles. The maximum atomic E-state index is 11.7. The number of rotatable bonds is 4. The summed E-state index contributed by atoms with van der Waals surface area (Å²) in [5.41, 5.74) is 7.74. The second kappa shape index (κ2) is 6.80. The van der Waals surface area contributed by atoms with E-state index in [9.17, 15) is 4.79 Å².